The maximum Gasteiger partial charge on any atom is 0.172 e. The SMILES string of the molecule is CC(C)CCc1c(C=O)nnn1C(C)C. The van der Waals surface area contributed by atoms with Crippen LogP contribution in [0.5, 0.6) is 0 Å². The molecule has 15 heavy (non-hydrogen) atoms. The molecule has 0 N–H and O–H groups in total. The number of aromatic nitrogens is 3. The molecule has 0 bridgehead atoms. The van der Waals surface area contributed by atoms with Gasteiger partial charge in [-0.2, -0.15) is 0 Å². The van der Waals surface area contributed by atoms with Crippen molar-refractivity contribution in [1.29, 1.82) is 0 Å². The lowest BCUT2D eigenvalue weighted by atomic mass is 10.1. The number of hydrogen-bond donors (Lipinski definition) is 0. The molecule has 0 spiro atoms. The van der Waals surface area contributed by atoms with Gasteiger partial charge in [0.1, 0.15) is 5.69 Å². The van der Waals surface area contributed by atoms with Crippen LogP contribution in [-0.4, -0.2) is 21.3 Å². The second kappa shape index (κ2) is 5.05. The highest BCUT2D eigenvalue weighted by molar-refractivity contribution is 5.73. The Morgan fingerprint density at radius 2 is 2.00 bits per heavy atom. The summed E-state index contributed by atoms with van der Waals surface area (Å²) >= 11 is 0. The van der Waals surface area contributed by atoms with E-state index in [2.05, 4.69) is 24.2 Å². The predicted octanol–water partition coefficient (Wildman–Crippen LogP) is 2.26. The first-order chi connectivity index (χ1) is 7.06. The summed E-state index contributed by atoms with van der Waals surface area (Å²) in [6.45, 7) is 8.43. The Bertz CT molecular complexity index is 329. The first kappa shape index (κ1) is 11.9. The third-order valence-electron chi connectivity index (χ3n) is 2.38. The average Bonchev–Trinajstić information content (AvgIpc) is 2.57. The van der Waals surface area contributed by atoms with Crippen molar-refractivity contribution in [3.8, 4) is 0 Å². The highest BCUT2D eigenvalue weighted by atomic mass is 16.1. The van der Waals surface area contributed by atoms with Gasteiger partial charge in [0.25, 0.3) is 0 Å². The Balaban J connectivity index is 2.89. The maximum absolute atomic E-state index is 10.8. The van der Waals surface area contributed by atoms with E-state index >= 15 is 0 Å². The Hall–Kier alpha value is -1.19. The number of nitrogens with zero attached hydrogens (tertiary/aromatic N) is 3. The Morgan fingerprint density at radius 1 is 1.33 bits per heavy atom. The highest BCUT2D eigenvalue weighted by Gasteiger charge is 2.14. The van der Waals surface area contributed by atoms with E-state index in [1.165, 1.54) is 0 Å². The molecule has 0 aliphatic rings. The summed E-state index contributed by atoms with van der Waals surface area (Å²) in [6.07, 6.45) is 2.72. The lowest BCUT2D eigenvalue weighted by molar-refractivity contribution is 0.111. The van der Waals surface area contributed by atoms with E-state index in [9.17, 15) is 4.79 Å². The second-order valence-corrected chi connectivity index (χ2v) is 4.51. The van der Waals surface area contributed by atoms with Crippen molar-refractivity contribution in [3.05, 3.63) is 11.4 Å². The van der Waals surface area contributed by atoms with Gasteiger partial charge < -0.3 is 0 Å². The molecule has 1 rings (SSSR count). The quantitative estimate of drug-likeness (QED) is 0.699. The van der Waals surface area contributed by atoms with Gasteiger partial charge in [0.05, 0.1) is 5.69 Å². The van der Waals surface area contributed by atoms with Gasteiger partial charge in [-0.05, 0) is 32.6 Å². The van der Waals surface area contributed by atoms with Crippen LogP contribution in [0.4, 0.5) is 0 Å². The molecular formula is C11H19N3O. The van der Waals surface area contributed by atoms with Crippen molar-refractivity contribution < 1.29 is 4.79 Å². The van der Waals surface area contributed by atoms with Crippen molar-refractivity contribution in [2.45, 2.75) is 46.6 Å². The van der Waals surface area contributed by atoms with Crippen molar-refractivity contribution in [1.82, 2.24) is 15.0 Å². The van der Waals surface area contributed by atoms with Crippen LogP contribution in [-0.2, 0) is 6.42 Å². The lowest BCUT2D eigenvalue weighted by Gasteiger charge is -2.10. The molecule has 1 aromatic rings. The average molecular weight is 209 g/mol. The zero-order chi connectivity index (χ0) is 11.4. The fraction of sp³-hybridized carbons (Fsp3) is 0.727. The summed E-state index contributed by atoms with van der Waals surface area (Å²) in [5, 5.41) is 7.88. The van der Waals surface area contributed by atoms with Crippen LogP contribution in [0.25, 0.3) is 0 Å². The van der Waals surface area contributed by atoms with Crippen molar-refractivity contribution in [2.75, 3.05) is 0 Å². The van der Waals surface area contributed by atoms with Crippen LogP contribution in [0.15, 0.2) is 0 Å². The predicted molar refractivity (Wildman–Crippen MR) is 59.0 cm³/mol. The normalized spacial score (nSPS) is 11.3. The molecule has 1 heterocycles. The largest absolute Gasteiger partial charge is 0.296 e. The molecule has 0 radical (unpaired) electrons. The van der Waals surface area contributed by atoms with Gasteiger partial charge in [-0.1, -0.05) is 19.1 Å². The van der Waals surface area contributed by atoms with Crippen LogP contribution in [0, 0.1) is 5.92 Å². The van der Waals surface area contributed by atoms with E-state index in [4.69, 9.17) is 0 Å². The smallest absolute Gasteiger partial charge is 0.172 e. The third-order valence-corrected chi connectivity index (χ3v) is 2.38. The van der Waals surface area contributed by atoms with Crippen LogP contribution in [0.1, 0.15) is 56.3 Å². The molecule has 0 aliphatic carbocycles. The maximum atomic E-state index is 10.8. The number of carbonyl (C=O) groups is 1. The second-order valence-electron chi connectivity index (χ2n) is 4.51. The Morgan fingerprint density at radius 3 is 2.47 bits per heavy atom. The van der Waals surface area contributed by atoms with Crippen molar-refractivity contribution >= 4 is 6.29 Å². The van der Waals surface area contributed by atoms with Crippen molar-refractivity contribution in [3.63, 3.8) is 0 Å². The zero-order valence-corrected chi connectivity index (χ0v) is 9.90. The van der Waals surface area contributed by atoms with E-state index in [-0.39, 0.29) is 6.04 Å². The van der Waals surface area contributed by atoms with Gasteiger partial charge in [0.2, 0.25) is 0 Å². The molecule has 0 saturated heterocycles. The number of carbonyl (C=O) groups excluding carboxylic acids is 1. The monoisotopic (exact) mass is 209 g/mol. The first-order valence-corrected chi connectivity index (χ1v) is 5.45. The summed E-state index contributed by atoms with van der Waals surface area (Å²) in [6, 6.07) is 0.258. The first-order valence-electron chi connectivity index (χ1n) is 5.45. The van der Waals surface area contributed by atoms with E-state index in [0.717, 1.165) is 24.8 Å². The lowest BCUT2D eigenvalue weighted by Crippen LogP contribution is -2.09. The van der Waals surface area contributed by atoms with Gasteiger partial charge in [-0.3, -0.25) is 4.79 Å². The molecule has 0 atom stereocenters. The summed E-state index contributed by atoms with van der Waals surface area (Å²) in [7, 11) is 0. The minimum atomic E-state index is 0.258. The van der Waals surface area contributed by atoms with Crippen LogP contribution in [0.2, 0.25) is 0 Å². The molecule has 4 nitrogen and oxygen atoms in total. The third kappa shape index (κ3) is 2.88. The van der Waals surface area contributed by atoms with Crippen molar-refractivity contribution in [2.24, 2.45) is 5.92 Å². The van der Waals surface area contributed by atoms with E-state index in [0.29, 0.717) is 11.6 Å². The van der Waals surface area contributed by atoms with Crippen LogP contribution < -0.4 is 0 Å². The highest BCUT2D eigenvalue weighted by Crippen LogP contribution is 2.14. The zero-order valence-electron chi connectivity index (χ0n) is 9.90. The molecular weight excluding hydrogens is 190 g/mol. The molecule has 0 aromatic carbocycles. The van der Waals surface area contributed by atoms with Gasteiger partial charge in [0, 0.05) is 6.04 Å². The molecule has 0 amide bonds. The summed E-state index contributed by atoms with van der Waals surface area (Å²) < 4.78 is 1.84. The molecule has 0 aliphatic heterocycles. The topological polar surface area (TPSA) is 47.8 Å². The van der Waals surface area contributed by atoms with Gasteiger partial charge in [-0.15, -0.1) is 5.10 Å². The number of hydrogen-bond acceptors (Lipinski definition) is 3. The number of rotatable bonds is 5. The van der Waals surface area contributed by atoms with Gasteiger partial charge in [0.15, 0.2) is 6.29 Å². The fourth-order valence-corrected chi connectivity index (χ4v) is 1.50. The minimum Gasteiger partial charge on any atom is -0.296 e. The Labute approximate surface area is 90.7 Å². The summed E-state index contributed by atoms with van der Waals surface area (Å²) in [5.41, 5.74) is 1.46. The molecule has 84 valence electrons. The van der Waals surface area contributed by atoms with E-state index in [1.54, 1.807) is 0 Å². The molecule has 0 fully saturated rings. The fourth-order valence-electron chi connectivity index (χ4n) is 1.50. The molecule has 0 unspecified atom stereocenters. The number of aldehydes is 1. The van der Waals surface area contributed by atoms with Gasteiger partial charge in [-0.25, -0.2) is 4.68 Å². The summed E-state index contributed by atoms with van der Waals surface area (Å²) in [5.74, 6) is 0.625. The van der Waals surface area contributed by atoms with Crippen LogP contribution in [0.3, 0.4) is 0 Å². The summed E-state index contributed by atoms with van der Waals surface area (Å²) in [4.78, 5) is 10.8. The van der Waals surface area contributed by atoms with E-state index in [1.807, 2.05) is 18.5 Å². The Kier molecular flexibility index (Phi) is 4.00. The van der Waals surface area contributed by atoms with E-state index < -0.39 is 0 Å². The van der Waals surface area contributed by atoms with Gasteiger partial charge >= 0.3 is 0 Å². The molecule has 4 heteroatoms. The standard InChI is InChI=1S/C11H19N3O/c1-8(2)5-6-11-10(7-15)12-13-14(11)9(3)4/h7-9H,5-6H2,1-4H3. The minimum absolute atomic E-state index is 0.258. The molecule has 1 aromatic heterocycles. The van der Waals surface area contributed by atoms with Crippen LogP contribution >= 0.6 is 0 Å². The molecule has 0 saturated carbocycles.